The second-order valence-electron chi connectivity index (χ2n) is 5.88. The third-order valence-corrected chi connectivity index (χ3v) is 3.76. The molecule has 134 valence electrons. The molecule has 6 heteroatoms. The molecule has 0 fully saturated rings. The molecule has 3 N–H and O–H groups in total. The number of ether oxygens (including phenoxy) is 2. The van der Waals surface area contributed by atoms with Crippen LogP contribution in [0.2, 0.25) is 0 Å². The summed E-state index contributed by atoms with van der Waals surface area (Å²) in [6.07, 6.45) is 0.410. The fourth-order valence-corrected chi connectivity index (χ4v) is 2.30. The lowest BCUT2D eigenvalue weighted by Crippen LogP contribution is -2.25. The van der Waals surface area contributed by atoms with E-state index in [4.69, 9.17) is 15.2 Å². The van der Waals surface area contributed by atoms with Crippen LogP contribution in [0.15, 0.2) is 48.5 Å². The van der Waals surface area contributed by atoms with E-state index < -0.39 is 6.09 Å². The second kappa shape index (κ2) is 8.94. The Balaban J connectivity index is 1.89. The molecule has 1 atom stereocenters. The summed E-state index contributed by atoms with van der Waals surface area (Å²) in [5.74, 6) is 1.32. The van der Waals surface area contributed by atoms with E-state index in [0.717, 1.165) is 23.4 Å². The molecule has 0 spiro atoms. The van der Waals surface area contributed by atoms with Crippen LogP contribution in [0.25, 0.3) is 0 Å². The van der Waals surface area contributed by atoms with Crippen molar-refractivity contribution < 1.29 is 14.3 Å². The van der Waals surface area contributed by atoms with Gasteiger partial charge in [0.05, 0.1) is 6.61 Å². The number of nitrogens with two attached hydrogens (primary N) is 1. The first kappa shape index (κ1) is 18.6. The van der Waals surface area contributed by atoms with E-state index in [0.29, 0.717) is 12.4 Å². The number of anilines is 1. The molecule has 0 saturated carbocycles. The third kappa shape index (κ3) is 5.69. The van der Waals surface area contributed by atoms with Crippen molar-refractivity contribution in [1.82, 2.24) is 10.2 Å². The average molecular weight is 343 g/mol. The summed E-state index contributed by atoms with van der Waals surface area (Å²) >= 11 is 0. The van der Waals surface area contributed by atoms with Gasteiger partial charge in [0.1, 0.15) is 11.5 Å². The maximum Gasteiger partial charge on any atom is 0.414 e. The number of hydrogen-bond acceptors (Lipinski definition) is 5. The predicted octanol–water partition coefficient (Wildman–Crippen LogP) is 3.06. The Kier molecular flexibility index (Phi) is 6.65. The molecule has 0 aromatic heterocycles. The normalized spacial score (nSPS) is 11.6. The molecule has 2 aromatic carbocycles. The molecule has 2 aromatic rings. The molecule has 0 saturated heterocycles. The molecule has 0 aliphatic rings. The quantitative estimate of drug-likeness (QED) is 0.756. The number of rotatable bonds is 7. The number of benzene rings is 2. The summed E-state index contributed by atoms with van der Waals surface area (Å²) in [7, 11) is 5.21. The van der Waals surface area contributed by atoms with Crippen molar-refractivity contribution in [3.8, 4) is 11.5 Å². The highest BCUT2D eigenvalue weighted by molar-refractivity contribution is 5.69. The first-order valence-electron chi connectivity index (χ1n) is 8.14. The summed E-state index contributed by atoms with van der Waals surface area (Å²) in [5, 5.41) is 3.28. The van der Waals surface area contributed by atoms with Crippen LogP contribution in [-0.2, 0) is 0 Å². The monoisotopic (exact) mass is 343 g/mol. The van der Waals surface area contributed by atoms with Gasteiger partial charge in [-0.3, -0.25) is 0 Å². The molecular weight excluding hydrogens is 318 g/mol. The lowest BCUT2D eigenvalue weighted by atomic mass is 10.0. The maximum absolute atomic E-state index is 11.6. The third-order valence-electron chi connectivity index (χ3n) is 3.76. The first-order valence-corrected chi connectivity index (χ1v) is 8.14. The summed E-state index contributed by atoms with van der Waals surface area (Å²) in [5.41, 5.74) is 7.48. The molecule has 0 aliphatic carbocycles. The minimum atomic E-state index is -0.394. The summed E-state index contributed by atoms with van der Waals surface area (Å²) in [6.45, 7) is 0.576. The van der Waals surface area contributed by atoms with Crippen LogP contribution in [0, 0.1) is 0 Å². The average Bonchev–Trinajstić information content (AvgIpc) is 2.61. The molecule has 0 bridgehead atoms. The molecule has 1 unspecified atom stereocenters. The van der Waals surface area contributed by atoms with Crippen LogP contribution < -0.4 is 20.5 Å². The van der Waals surface area contributed by atoms with Gasteiger partial charge < -0.3 is 25.4 Å². The van der Waals surface area contributed by atoms with Crippen LogP contribution in [-0.4, -0.2) is 38.7 Å². The summed E-state index contributed by atoms with van der Waals surface area (Å²) in [6, 6.07) is 15.0. The highest BCUT2D eigenvalue weighted by Crippen LogP contribution is 2.21. The smallest absolute Gasteiger partial charge is 0.414 e. The summed E-state index contributed by atoms with van der Waals surface area (Å²) < 4.78 is 11.0. The zero-order chi connectivity index (χ0) is 18.2. The van der Waals surface area contributed by atoms with E-state index in [1.54, 1.807) is 26.2 Å². The van der Waals surface area contributed by atoms with Gasteiger partial charge in [0.25, 0.3) is 0 Å². The van der Waals surface area contributed by atoms with Crippen LogP contribution in [0.4, 0.5) is 10.5 Å². The molecule has 1 amide bonds. The van der Waals surface area contributed by atoms with E-state index in [1.807, 2.05) is 43.4 Å². The SMILES string of the molecule is CNC(CCOc1ccc(N)cc1)c1ccc(OC(=O)N(C)C)cc1. The Hall–Kier alpha value is -2.73. The Bertz CT molecular complexity index is 669. The Morgan fingerprint density at radius 2 is 1.68 bits per heavy atom. The lowest BCUT2D eigenvalue weighted by molar-refractivity contribution is 0.172. The molecular formula is C19H25N3O3. The van der Waals surface area contributed by atoms with E-state index in [-0.39, 0.29) is 6.04 Å². The maximum atomic E-state index is 11.6. The number of nitrogen functional groups attached to an aromatic ring is 1. The van der Waals surface area contributed by atoms with Gasteiger partial charge in [0.2, 0.25) is 0 Å². The van der Waals surface area contributed by atoms with E-state index >= 15 is 0 Å². The Labute approximate surface area is 148 Å². The predicted molar refractivity (Wildman–Crippen MR) is 98.9 cm³/mol. The van der Waals surface area contributed by atoms with Crippen molar-refractivity contribution in [2.75, 3.05) is 33.5 Å². The molecule has 2 rings (SSSR count). The largest absolute Gasteiger partial charge is 0.494 e. The van der Waals surface area contributed by atoms with Gasteiger partial charge in [0, 0.05) is 32.2 Å². The molecule has 25 heavy (non-hydrogen) atoms. The number of hydrogen-bond donors (Lipinski definition) is 2. The van der Waals surface area contributed by atoms with Crippen LogP contribution in [0.5, 0.6) is 11.5 Å². The molecule has 0 heterocycles. The molecule has 6 nitrogen and oxygen atoms in total. The van der Waals surface area contributed by atoms with Crippen molar-refractivity contribution in [3.63, 3.8) is 0 Å². The van der Waals surface area contributed by atoms with Gasteiger partial charge in [-0.05, 0) is 49.0 Å². The second-order valence-corrected chi connectivity index (χ2v) is 5.88. The van der Waals surface area contributed by atoms with Gasteiger partial charge in [-0.15, -0.1) is 0 Å². The highest BCUT2D eigenvalue weighted by Gasteiger charge is 2.11. The highest BCUT2D eigenvalue weighted by atomic mass is 16.6. The van der Waals surface area contributed by atoms with Gasteiger partial charge in [-0.25, -0.2) is 4.79 Å². The van der Waals surface area contributed by atoms with Gasteiger partial charge in [-0.1, -0.05) is 12.1 Å². The fraction of sp³-hybridized carbons (Fsp3) is 0.316. The van der Waals surface area contributed by atoms with Crippen molar-refractivity contribution in [2.24, 2.45) is 0 Å². The van der Waals surface area contributed by atoms with Crippen LogP contribution >= 0.6 is 0 Å². The number of nitrogens with zero attached hydrogens (tertiary/aromatic N) is 1. The van der Waals surface area contributed by atoms with Crippen LogP contribution in [0.1, 0.15) is 18.0 Å². The van der Waals surface area contributed by atoms with E-state index in [9.17, 15) is 4.79 Å². The van der Waals surface area contributed by atoms with Crippen LogP contribution in [0.3, 0.4) is 0 Å². The number of amides is 1. The topological polar surface area (TPSA) is 76.8 Å². The van der Waals surface area contributed by atoms with Gasteiger partial charge in [0.15, 0.2) is 0 Å². The molecule has 0 radical (unpaired) electrons. The number of carbonyl (C=O) groups is 1. The van der Waals surface area contributed by atoms with Gasteiger partial charge in [-0.2, -0.15) is 0 Å². The zero-order valence-corrected chi connectivity index (χ0v) is 14.9. The summed E-state index contributed by atoms with van der Waals surface area (Å²) in [4.78, 5) is 12.9. The first-order chi connectivity index (χ1) is 12.0. The lowest BCUT2D eigenvalue weighted by Gasteiger charge is -2.18. The Morgan fingerprint density at radius 3 is 2.24 bits per heavy atom. The van der Waals surface area contributed by atoms with Crippen molar-refractivity contribution in [1.29, 1.82) is 0 Å². The molecule has 0 aliphatic heterocycles. The van der Waals surface area contributed by atoms with Crippen molar-refractivity contribution in [3.05, 3.63) is 54.1 Å². The number of nitrogens with one attached hydrogen (secondary N) is 1. The van der Waals surface area contributed by atoms with E-state index in [2.05, 4.69) is 5.32 Å². The van der Waals surface area contributed by atoms with Crippen molar-refractivity contribution >= 4 is 11.8 Å². The number of carbonyl (C=O) groups excluding carboxylic acids is 1. The Morgan fingerprint density at radius 1 is 1.08 bits per heavy atom. The minimum absolute atomic E-state index is 0.146. The standard InChI is InChI=1S/C19H25N3O3/c1-21-18(12-13-24-16-10-6-15(20)7-11-16)14-4-8-17(9-5-14)25-19(23)22(2)3/h4-11,18,21H,12-13,20H2,1-3H3. The zero-order valence-electron chi connectivity index (χ0n) is 14.9. The van der Waals surface area contributed by atoms with Crippen molar-refractivity contribution in [2.45, 2.75) is 12.5 Å². The van der Waals surface area contributed by atoms with E-state index in [1.165, 1.54) is 4.90 Å². The fourth-order valence-electron chi connectivity index (χ4n) is 2.30. The minimum Gasteiger partial charge on any atom is -0.494 e. The van der Waals surface area contributed by atoms with Gasteiger partial charge >= 0.3 is 6.09 Å².